The van der Waals surface area contributed by atoms with Crippen molar-refractivity contribution in [2.75, 3.05) is 18.2 Å². The van der Waals surface area contributed by atoms with Gasteiger partial charge in [-0.1, -0.05) is 0 Å². The molecule has 104 valence electrons. The van der Waals surface area contributed by atoms with E-state index in [-0.39, 0.29) is 0 Å². The number of methoxy groups -OCH3 is 1. The van der Waals surface area contributed by atoms with Gasteiger partial charge in [0.25, 0.3) is 0 Å². The molecular weight excluding hydrogens is 367 g/mol. The number of hydrogen-bond donors (Lipinski definition) is 2. The predicted octanol–water partition coefficient (Wildman–Crippen LogP) is 3.71. The van der Waals surface area contributed by atoms with E-state index in [1.54, 1.807) is 6.07 Å². The van der Waals surface area contributed by atoms with Crippen LogP contribution in [0.2, 0.25) is 0 Å². The molecule has 0 heterocycles. The van der Waals surface area contributed by atoms with Crippen molar-refractivity contribution in [3.8, 4) is 0 Å². The molecule has 0 atom stereocenters. The first kappa shape index (κ1) is 14.6. The number of carbonyl (C=O) groups is 1. The van der Waals surface area contributed by atoms with Gasteiger partial charge in [0, 0.05) is 20.6 Å². The van der Waals surface area contributed by atoms with Gasteiger partial charge >= 0.3 is 5.97 Å². The Morgan fingerprint density at radius 2 is 1.85 bits per heavy atom. The fourth-order valence-electron chi connectivity index (χ4n) is 1.85. The molecule has 2 rings (SSSR count). The van der Waals surface area contributed by atoms with Gasteiger partial charge in [-0.15, -0.1) is 0 Å². The van der Waals surface area contributed by atoms with Crippen LogP contribution in [0.3, 0.4) is 0 Å². The third-order valence-electron chi connectivity index (χ3n) is 2.93. The Morgan fingerprint density at radius 3 is 2.45 bits per heavy atom. The molecule has 4 nitrogen and oxygen atoms in total. The Kier molecular flexibility index (Phi) is 4.49. The van der Waals surface area contributed by atoms with Crippen LogP contribution in [0.1, 0.15) is 15.9 Å². The molecule has 0 aliphatic rings. The largest absolute Gasteiger partial charge is 0.465 e. The highest BCUT2D eigenvalue weighted by Gasteiger charge is 2.13. The molecule has 0 spiro atoms. The lowest BCUT2D eigenvalue weighted by Gasteiger charge is -2.12. The predicted molar refractivity (Wildman–Crippen MR) is 89.4 cm³/mol. The average molecular weight is 382 g/mol. The van der Waals surface area contributed by atoms with Crippen molar-refractivity contribution in [3.05, 3.63) is 51.1 Å². The third-order valence-corrected chi connectivity index (χ3v) is 3.64. The first-order valence-corrected chi connectivity index (χ1v) is 7.10. The van der Waals surface area contributed by atoms with E-state index >= 15 is 0 Å². The van der Waals surface area contributed by atoms with Crippen molar-refractivity contribution in [3.63, 3.8) is 0 Å². The summed E-state index contributed by atoms with van der Waals surface area (Å²) in [6.07, 6.45) is 0. The van der Waals surface area contributed by atoms with Crippen LogP contribution in [0.25, 0.3) is 0 Å². The number of carbonyl (C=O) groups excluding carboxylic acids is 1. The zero-order chi connectivity index (χ0) is 14.7. The van der Waals surface area contributed by atoms with Gasteiger partial charge in [0.15, 0.2) is 0 Å². The smallest absolute Gasteiger partial charge is 0.340 e. The highest BCUT2D eigenvalue weighted by Crippen LogP contribution is 2.26. The summed E-state index contributed by atoms with van der Waals surface area (Å²) in [5, 5.41) is 3.25. The number of hydrogen-bond acceptors (Lipinski definition) is 4. The summed E-state index contributed by atoms with van der Waals surface area (Å²) >= 11 is 2.25. The molecule has 5 heteroatoms. The van der Waals surface area contributed by atoms with Crippen LogP contribution < -0.4 is 11.1 Å². The molecule has 0 aliphatic carbocycles. The molecule has 2 aromatic rings. The van der Waals surface area contributed by atoms with E-state index in [2.05, 4.69) is 27.9 Å². The lowest BCUT2D eigenvalue weighted by atomic mass is 10.1. The van der Waals surface area contributed by atoms with Gasteiger partial charge in [-0.2, -0.15) is 0 Å². The number of nitrogens with two attached hydrogens (primary N) is 1. The second kappa shape index (κ2) is 6.13. The summed E-state index contributed by atoms with van der Waals surface area (Å²) < 4.78 is 5.91. The van der Waals surface area contributed by atoms with Crippen molar-refractivity contribution < 1.29 is 9.53 Å². The molecule has 0 aromatic heterocycles. The quantitative estimate of drug-likeness (QED) is 0.483. The number of anilines is 3. The third kappa shape index (κ3) is 3.22. The number of rotatable bonds is 3. The minimum Gasteiger partial charge on any atom is -0.465 e. The average Bonchev–Trinajstić information content (AvgIpc) is 2.44. The maximum absolute atomic E-state index is 11.7. The first-order chi connectivity index (χ1) is 9.51. The Labute approximate surface area is 131 Å². The number of nitrogen functional groups attached to an aromatic ring is 1. The van der Waals surface area contributed by atoms with Gasteiger partial charge in [0.1, 0.15) is 0 Å². The number of esters is 1. The second-order valence-corrected chi connectivity index (χ2v) is 5.62. The Morgan fingerprint density at radius 1 is 1.20 bits per heavy atom. The molecule has 0 fully saturated rings. The number of ether oxygens (including phenoxy) is 1. The van der Waals surface area contributed by atoms with Gasteiger partial charge in [-0.25, -0.2) is 4.79 Å². The van der Waals surface area contributed by atoms with Crippen molar-refractivity contribution in [2.24, 2.45) is 0 Å². The molecule has 0 aliphatic heterocycles. The maximum atomic E-state index is 11.7. The van der Waals surface area contributed by atoms with Crippen LogP contribution in [-0.4, -0.2) is 13.1 Å². The molecule has 0 bridgehead atoms. The van der Waals surface area contributed by atoms with Crippen molar-refractivity contribution in [1.29, 1.82) is 0 Å². The molecule has 0 unspecified atom stereocenters. The second-order valence-electron chi connectivity index (χ2n) is 4.38. The molecule has 2 aromatic carbocycles. The molecule has 20 heavy (non-hydrogen) atoms. The van der Waals surface area contributed by atoms with E-state index in [4.69, 9.17) is 10.5 Å². The van der Waals surface area contributed by atoms with E-state index in [1.165, 1.54) is 7.11 Å². The van der Waals surface area contributed by atoms with Crippen LogP contribution >= 0.6 is 22.6 Å². The van der Waals surface area contributed by atoms with Crippen LogP contribution in [0.4, 0.5) is 17.1 Å². The minimum absolute atomic E-state index is 0.375. The highest BCUT2D eigenvalue weighted by atomic mass is 127. The topological polar surface area (TPSA) is 64.3 Å². The summed E-state index contributed by atoms with van der Waals surface area (Å²) in [6, 6.07) is 11.6. The number of aryl methyl sites for hydroxylation is 1. The molecule has 0 saturated heterocycles. The SMILES string of the molecule is COC(=O)c1cc(Nc2ccc(I)cc2)cc(C)c1N. The monoisotopic (exact) mass is 382 g/mol. The lowest BCUT2D eigenvalue weighted by Crippen LogP contribution is -2.08. The fraction of sp³-hybridized carbons (Fsp3) is 0.133. The zero-order valence-electron chi connectivity index (χ0n) is 11.2. The van der Waals surface area contributed by atoms with Gasteiger partial charge in [-0.3, -0.25) is 0 Å². The number of benzene rings is 2. The van der Waals surface area contributed by atoms with Crippen LogP contribution in [-0.2, 0) is 4.74 Å². The summed E-state index contributed by atoms with van der Waals surface area (Å²) in [5.41, 5.74) is 9.32. The van der Waals surface area contributed by atoms with E-state index in [0.717, 1.165) is 20.5 Å². The summed E-state index contributed by atoms with van der Waals surface area (Å²) in [7, 11) is 1.34. The summed E-state index contributed by atoms with van der Waals surface area (Å²) in [6.45, 7) is 1.86. The Balaban J connectivity index is 2.35. The first-order valence-electron chi connectivity index (χ1n) is 6.02. The van der Waals surface area contributed by atoms with Crippen molar-refractivity contribution in [2.45, 2.75) is 6.92 Å². The normalized spacial score (nSPS) is 10.2. The van der Waals surface area contributed by atoms with Gasteiger partial charge in [0.2, 0.25) is 0 Å². The Hall–Kier alpha value is -1.76. The molecular formula is C15H15IN2O2. The molecule has 0 amide bonds. The van der Waals surface area contributed by atoms with Gasteiger partial charge in [0.05, 0.1) is 12.7 Å². The molecule has 3 N–H and O–H groups in total. The summed E-state index contributed by atoms with van der Waals surface area (Å²) in [5.74, 6) is -0.433. The minimum atomic E-state index is -0.433. The fourth-order valence-corrected chi connectivity index (χ4v) is 2.21. The van der Waals surface area contributed by atoms with Crippen LogP contribution in [0.5, 0.6) is 0 Å². The van der Waals surface area contributed by atoms with Gasteiger partial charge < -0.3 is 15.8 Å². The van der Waals surface area contributed by atoms with Crippen LogP contribution in [0, 0.1) is 10.5 Å². The standard InChI is InChI=1S/C15H15IN2O2/c1-9-7-12(8-13(14(9)17)15(19)20-2)18-11-5-3-10(16)4-6-11/h3-8,18H,17H2,1-2H3. The molecule has 0 saturated carbocycles. The van der Waals surface area contributed by atoms with E-state index in [0.29, 0.717) is 11.3 Å². The van der Waals surface area contributed by atoms with Crippen molar-refractivity contribution in [1.82, 2.24) is 0 Å². The zero-order valence-corrected chi connectivity index (χ0v) is 13.4. The van der Waals surface area contributed by atoms with E-state index in [1.807, 2.05) is 37.3 Å². The number of halogens is 1. The summed E-state index contributed by atoms with van der Waals surface area (Å²) in [4.78, 5) is 11.7. The van der Waals surface area contributed by atoms with Crippen LogP contribution in [0.15, 0.2) is 36.4 Å². The highest BCUT2D eigenvalue weighted by molar-refractivity contribution is 14.1. The lowest BCUT2D eigenvalue weighted by molar-refractivity contribution is 0.0602. The van der Waals surface area contributed by atoms with E-state index in [9.17, 15) is 4.79 Å². The van der Waals surface area contributed by atoms with Gasteiger partial charge in [-0.05, 0) is 71.5 Å². The van der Waals surface area contributed by atoms with Crippen molar-refractivity contribution >= 4 is 45.6 Å². The Bertz CT molecular complexity index is 639. The maximum Gasteiger partial charge on any atom is 0.340 e. The molecule has 0 radical (unpaired) electrons. The number of nitrogens with one attached hydrogen (secondary N) is 1. The van der Waals surface area contributed by atoms with E-state index < -0.39 is 5.97 Å².